The van der Waals surface area contributed by atoms with Crippen molar-refractivity contribution in [3.05, 3.63) is 78.1 Å². The second-order valence-electron chi connectivity index (χ2n) is 7.46. The van der Waals surface area contributed by atoms with Gasteiger partial charge in [0.1, 0.15) is 29.0 Å². The molecule has 0 spiro atoms. The molecule has 4 aromatic rings. The summed E-state index contributed by atoms with van der Waals surface area (Å²) in [5, 5.41) is 3.89. The van der Waals surface area contributed by atoms with Crippen LogP contribution < -0.4 is 26.9 Å². The number of pyridine rings is 1. The minimum absolute atomic E-state index is 0.0658. The van der Waals surface area contributed by atoms with Gasteiger partial charge in [0.15, 0.2) is 0 Å². The molecule has 0 saturated heterocycles. The number of halogens is 3. The number of para-hydroxylation sites is 1. The van der Waals surface area contributed by atoms with Gasteiger partial charge >= 0.3 is 6.03 Å². The number of carbonyl (C=O) groups excluding carboxylic acids is 2. The Balaban J connectivity index is 2.02. The molecule has 5 N–H and O–H groups in total. The van der Waals surface area contributed by atoms with Crippen molar-refractivity contribution in [3.8, 4) is 11.3 Å². The largest absolute Gasteiger partial charge is 0.351 e. The molecular formula is C24H17F3N5O2Si. The average Bonchev–Trinajstić information content (AvgIpc) is 2.80. The molecular weight excluding hydrogens is 475 g/mol. The van der Waals surface area contributed by atoms with E-state index in [1.807, 2.05) is 0 Å². The van der Waals surface area contributed by atoms with Gasteiger partial charge in [0.25, 0.3) is 0 Å². The first-order valence-electron chi connectivity index (χ1n) is 10.2. The fourth-order valence-electron chi connectivity index (χ4n) is 3.60. The summed E-state index contributed by atoms with van der Waals surface area (Å²) in [6, 6.07) is 12.2. The fraction of sp³-hybridized carbons (Fsp3) is 0.0417. The highest BCUT2D eigenvalue weighted by Gasteiger charge is 2.26. The van der Waals surface area contributed by atoms with E-state index in [0.29, 0.717) is 26.5 Å². The van der Waals surface area contributed by atoms with Gasteiger partial charge in [-0.1, -0.05) is 23.4 Å². The lowest BCUT2D eigenvalue weighted by molar-refractivity contribution is -0.114. The molecule has 11 heteroatoms. The van der Waals surface area contributed by atoms with Gasteiger partial charge in [-0.25, -0.2) is 27.8 Å². The topological polar surface area (TPSA) is 114 Å². The molecule has 4 rings (SSSR count). The minimum Gasteiger partial charge on any atom is -0.351 e. The monoisotopic (exact) mass is 492 g/mol. The number of rotatable bonds is 5. The normalized spacial score (nSPS) is 10.9. The number of hydrogen-bond acceptors (Lipinski definition) is 4. The molecule has 0 atom stereocenters. The zero-order valence-electron chi connectivity index (χ0n) is 18.0. The van der Waals surface area contributed by atoms with Crippen molar-refractivity contribution < 1.29 is 22.8 Å². The van der Waals surface area contributed by atoms with Gasteiger partial charge in [0.05, 0.1) is 22.5 Å². The van der Waals surface area contributed by atoms with Crippen LogP contribution in [0.4, 0.5) is 35.2 Å². The molecule has 3 amide bonds. The van der Waals surface area contributed by atoms with E-state index >= 15 is 0 Å². The Labute approximate surface area is 201 Å². The minimum atomic E-state index is -1.21. The summed E-state index contributed by atoms with van der Waals surface area (Å²) < 4.78 is 44.1. The molecule has 0 aliphatic carbocycles. The first-order chi connectivity index (χ1) is 16.7. The van der Waals surface area contributed by atoms with Crippen LogP contribution in [0.1, 0.15) is 0 Å². The number of hydrogen-bond donors (Lipinski definition) is 3. The molecule has 0 saturated carbocycles. The lowest BCUT2D eigenvalue weighted by atomic mass is 10.0. The van der Waals surface area contributed by atoms with Gasteiger partial charge in [0.2, 0.25) is 5.91 Å². The van der Waals surface area contributed by atoms with E-state index in [4.69, 9.17) is 11.5 Å². The number of nitrogens with one attached hydrogen (secondary N) is 1. The number of primary amides is 1. The predicted octanol–water partition coefficient (Wildman–Crippen LogP) is 3.23. The van der Waals surface area contributed by atoms with Crippen LogP contribution in [0.2, 0.25) is 0 Å². The highest BCUT2D eigenvalue weighted by molar-refractivity contribution is 6.32. The third-order valence-corrected chi connectivity index (χ3v) is 5.43. The standard InChI is InChI=1S/C24H17F3N5O2Si/c25-17-2-1-3-18(26)23(17)32(24(29)34)20-9-12-8-13(30-21(33)11-28)4-6-15(12)22(31-20)16-7-5-14(35)10-19(16)27/h1-10H,11,28H2,(H2,29,34)(H,30,33). The first-order valence-corrected chi connectivity index (χ1v) is 10.7. The molecule has 35 heavy (non-hydrogen) atoms. The van der Waals surface area contributed by atoms with Crippen LogP contribution in [0.5, 0.6) is 0 Å². The van der Waals surface area contributed by atoms with Crippen LogP contribution in [-0.4, -0.2) is 33.7 Å². The second kappa shape index (κ2) is 9.56. The average molecular weight is 493 g/mol. The SMILES string of the molecule is NCC(=O)Nc1ccc2c(-c3ccc([Si])cc3F)nc(N(C(N)=O)c3c(F)cccc3F)cc2c1. The Kier molecular flexibility index (Phi) is 6.54. The third kappa shape index (κ3) is 4.72. The number of nitrogens with zero attached hydrogens (tertiary/aromatic N) is 2. The van der Waals surface area contributed by atoms with Crippen molar-refractivity contribution in [2.45, 2.75) is 0 Å². The van der Waals surface area contributed by atoms with Crippen molar-refractivity contribution in [2.24, 2.45) is 11.5 Å². The Morgan fingerprint density at radius 1 is 0.971 bits per heavy atom. The molecule has 3 radical (unpaired) electrons. The van der Waals surface area contributed by atoms with E-state index in [9.17, 15) is 22.8 Å². The maximum absolute atomic E-state index is 14.9. The van der Waals surface area contributed by atoms with Crippen LogP contribution in [0.25, 0.3) is 22.0 Å². The van der Waals surface area contributed by atoms with Crippen molar-refractivity contribution in [2.75, 3.05) is 16.8 Å². The van der Waals surface area contributed by atoms with E-state index in [-0.39, 0.29) is 23.6 Å². The molecule has 1 aromatic heterocycles. The number of aromatic nitrogens is 1. The zero-order chi connectivity index (χ0) is 25.3. The lowest BCUT2D eigenvalue weighted by Gasteiger charge is -2.22. The van der Waals surface area contributed by atoms with Crippen molar-refractivity contribution in [1.82, 2.24) is 4.98 Å². The molecule has 0 unspecified atom stereocenters. The number of anilines is 3. The smallest absolute Gasteiger partial charge is 0.325 e. The molecule has 3 aromatic carbocycles. The van der Waals surface area contributed by atoms with Crippen molar-refractivity contribution in [1.29, 1.82) is 0 Å². The Hall–Kier alpha value is -4.22. The summed E-state index contributed by atoms with van der Waals surface area (Å²) in [5.41, 5.74) is 10.6. The number of benzene rings is 3. The Morgan fingerprint density at radius 2 is 1.69 bits per heavy atom. The van der Waals surface area contributed by atoms with Gasteiger partial charge in [-0.05, 0) is 47.9 Å². The van der Waals surface area contributed by atoms with Crippen LogP contribution in [0.15, 0.2) is 60.7 Å². The molecule has 0 bridgehead atoms. The Bertz CT molecular complexity index is 1460. The van der Waals surface area contributed by atoms with Gasteiger partial charge in [0, 0.05) is 16.6 Å². The molecule has 0 fully saturated rings. The van der Waals surface area contributed by atoms with Crippen molar-refractivity contribution >= 4 is 55.3 Å². The lowest BCUT2D eigenvalue weighted by Crippen LogP contribution is -2.33. The predicted molar refractivity (Wildman–Crippen MR) is 128 cm³/mol. The molecule has 0 aliphatic heterocycles. The number of urea groups is 1. The number of amides is 3. The van der Waals surface area contributed by atoms with E-state index in [0.717, 1.165) is 18.2 Å². The Morgan fingerprint density at radius 3 is 2.31 bits per heavy atom. The first kappa shape index (κ1) is 23.9. The molecule has 175 valence electrons. The van der Waals surface area contributed by atoms with Gasteiger partial charge in [-0.3, -0.25) is 4.79 Å². The molecule has 1 heterocycles. The summed E-state index contributed by atoms with van der Waals surface area (Å²) in [7, 11) is 3.25. The van der Waals surface area contributed by atoms with Crippen molar-refractivity contribution in [3.63, 3.8) is 0 Å². The summed E-state index contributed by atoms with van der Waals surface area (Å²) in [4.78, 5) is 29.1. The van der Waals surface area contributed by atoms with E-state index < -0.39 is 35.1 Å². The molecule has 7 nitrogen and oxygen atoms in total. The van der Waals surface area contributed by atoms with Gasteiger partial charge < -0.3 is 16.8 Å². The number of nitrogens with two attached hydrogens (primary N) is 2. The van der Waals surface area contributed by atoms with Crippen LogP contribution in [-0.2, 0) is 4.79 Å². The summed E-state index contributed by atoms with van der Waals surface area (Å²) in [5.74, 6) is -3.44. The summed E-state index contributed by atoms with van der Waals surface area (Å²) in [6.45, 7) is -0.253. The maximum Gasteiger partial charge on any atom is 0.325 e. The van der Waals surface area contributed by atoms with E-state index in [2.05, 4.69) is 20.5 Å². The fourth-order valence-corrected chi connectivity index (χ4v) is 3.81. The van der Waals surface area contributed by atoms with Gasteiger partial charge in [-0.15, -0.1) is 0 Å². The second-order valence-corrected chi connectivity index (χ2v) is 8.03. The zero-order valence-corrected chi connectivity index (χ0v) is 19.0. The van der Waals surface area contributed by atoms with Gasteiger partial charge in [-0.2, -0.15) is 0 Å². The van der Waals surface area contributed by atoms with Crippen LogP contribution in [0.3, 0.4) is 0 Å². The summed E-state index contributed by atoms with van der Waals surface area (Å²) in [6.07, 6.45) is 0. The number of fused-ring (bicyclic) bond motifs is 1. The quantitative estimate of drug-likeness (QED) is 0.371. The van der Waals surface area contributed by atoms with E-state index in [1.165, 1.54) is 24.3 Å². The van der Waals surface area contributed by atoms with E-state index in [1.54, 1.807) is 18.2 Å². The maximum atomic E-state index is 14.9. The van der Waals surface area contributed by atoms with Crippen LogP contribution in [0, 0.1) is 17.5 Å². The highest BCUT2D eigenvalue weighted by atomic mass is 28.1. The molecule has 0 aliphatic rings. The van der Waals surface area contributed by atoms with Crippen LogP contribution >= 0.6 is 0 Å². The highest BCUT2D eigenvalue weighted by Crippen LogP contribution is 2.36. The summed E-state index contributed by atoms with van der Waals surface area (Å²) >= 11 is 0. The third-order valence-electron chi connectivity index (χ3n) is 5.12. The number of carbonyl (C=O) groups is 2.